The molecule has 0 bridgehead atoms. The summed E-state index contributed by atoms with van der Waals surface area (Å²) in [7, 11) is 1.72. The first-order valence-electron chi connectivity index (χ1n) is 8.36. The number of hydrogen-bond donors (Lipinski definition) is 0. The maximum Gasteiger partial charge on any atom is 0.289 e. The summed E-state index contributed by atoms with van der Waals surface area (Å²) >= 11 is 0. The van der Waals surface area contributed by atoms with Gasteiger partial charge in [0, 0.05) is 13.2 Å². The van der Waals surface area contributed by atoms with Gasteiger partial charge in [-0.25, -0.2) is 4.68 Å². The average molecular weight is 337 g/mol. The Labute approximate surface area is 145 Å². The summed E-state index contributed by atoms with van der Waals surface area (Å²) in [6, 6.07) is 7.56. The molecule has 0 saturated carbocycles. The molecule has 0 spiro atoms. The predicted octanol–water partition coefficient (Wildman–Crippen LogP) is 2.46. The number of aryl methyl sites for hydroxylation is 1. The van der Waals surface area contributed by atoms with Gasteiger partial charge in [-0.3, -0.25) is 9.78 Å². The molecule has 1 amide bonds. The van der Waals surface area contributed by atoms with Gasteiger partial charge < -0.3 is 9.32 Å². The molecule has 4 rings (SSSR count). The summed E-state index contributed by atoms with van der Waals surface area (Å²) in [6.45, 7) is 0.376. The molecule has 7 heteroatoms. The van der Waals surface area contributed by atoms with Gasteiger partial charge in [-0.15, -0.1) is 5.10 Å². The normalized spacial score (nSPS) is 16.4. The number of hydrogen-bond acceptors (Lipinski definition) is 5. The Bertz CT molecular complexity index is 871. The lowest BCUT2D eigenvalue weighted by molar-refractivity contribution is 0.0751. The van der Waals surface area contributed by atoms with Crippen LogP contribution >= 0.6 is 0 Å². The zero-order valence-corrected chi connectivity index (χ0v) is 14.0. The number of nitrogens with zero attached hydrogens (tertiary/aromatic N) is 5. The quantitative estimate of drug-likeness (QED) is 0.731. The zero-order chi connectivity index (χ0) is 17.2. The van der Waals surface area contributed by atoms with Gasteiger partial charge in [-0.05, 0) is 43.0 Å². The first kappa shape index (κ1) is 15.6. The van der Waals surface area contributed by atoms with E-state index in [9.17, 15) is 4.79 Å². The van der Waals surface area contributed by atoms with Gasteiger partial charge in [0.05, 0.1) is 30.7 Å². The summed E-state index contributed by atoms with van der Waals surface area (Å²) in [4.78, 5) is 18.4. The van der Waals surface area contributed by atoms with Crippen LogP contribution in [0.2, 0.25) is 0 Å². The van der Waals surface area contributed by atoms with E-state index >= 15 is 0 Å². The summed E-state index contributed by atoms with van der Waals surface area (Å²) in [6.07, 6.45) is 8.38. The second kappa shape index (κ2) is 6.51. The molecule has 128 valence electrons. The molecule has 1 atom stereocenters. The second-order valence-electron chi connectivity index (χ2n) is 6.28. The molecular weight excluding hydrogens is 318 g/mol. The standard InChI is InChI=1S/C18H19N5O2/c1-22(18(24)16-8-4-10-25-16)11-14-12-23(21-20-14)15-7-2-5-13-6-3-9-19-17(13)15/h3-4,6,8-10,12,15H,2,5,7,11H2,1H3. The van der Waals surface area contributed by atoms with Crippen LogP contribution in [-0.2, 0) is 13.0 Å². The van der Waals surface area contributed by atoms with Gasteiger partial charge in [0.15, 0.2) is 5.76 Å². The third-order valence-corrected chi connectivity index (χ3v) is 4.52. The lowest BCUT2D eigenvalue weighted by atomic mass is 9.92. The maximum atomic E-state index is 12.2. The van der Waals surface area contributed by atoms with Crippen LogP contribution in [0.4, 0.5) is 0 Å². The molecule has 0 aromatic carbocycles. The second-order valence-corrected chi connectivity index (χ2v) is 6.28. The van der Waals surface area contributed by atoms with E-state index in [1.807, 2.05) is 23.1 Å². The van der Waals surface area contributed by atoms with Crippen LogP contribution in [0.25, 0.3) is 0 Å². The van der Waals surface area contributed by atoms with Crippen LogP contribution in [0.5, 0.6) is 0 Å². The van der Waals surface area contributed by atoms with Gasteiger partial charge in [-0.2, -0.15) is 0 Å². The van der Waals surface area contributed by atoms with Gasteiger partial charge in [0.25, 0.3) is 5.91 Å². The number of aromatic nitrogens is 4. The number of carbonyl (C=O) groups is 1. The van der Waals surface area contributed by atoms with E-state index in [4.69, 9.17) is 4.42 Å². The minimum absolute atomic E-state index is 0.109. The Morgan fingerprint density at radius 1 is 1.40 bits per heavy atom. The van der Waals surface area contributed by atoms with Crippen LogP contribution in [0, 0.1) is 0 Å². The van der Waals surface area contributed by atoms with Crippen LogP contribution in [-0.4, -0.2) is 37.8 Å². The van der Waals surface area contributed by atoms with Crippen molar-refractivity contribution in [2.75, 3.05) is 7.05 Å². The molecule has 0 N–H and O–H groups in total. The lowest BCUT2D eigenvalue weighted by Crippen LogP contribution is -2.26. The Balaban J connectivity index is 1.51. The highest BCUT2D eigenvalue weighted by Gasteiger charge is 2.24. The first-order chi connectivity index (χ1) is 12.2. The lowest BCUT2D eigenvalue weighted by Gasteiger charge is -2.23. The fraction of sp³-hybridized carbons (Fsp3) is 0.333. The Morgan fingerprint density at radius 3 is 3.16 bits per heavy atom. The summed E-state index contributed by atoms with van der Waals surface area (Å²) in [5.74, 6) is 0.143. The van der Waals surface area contributed by atoms with Crippen molar-refractivity contribution in [3.8, 4) is 0 Å². The van der Waals surface area contributed by atoms with Crippen molar-refractivity contribution in [3.63, 3.8) is 0 Å². The van der Waals surface area contributed by atoms with Crippen LogP contribution in [0.3, 0.4) is 0 Å². The highest BCUT2D eigenvalue weighted by atomic mass is 16.3. The minimum Gasteiger partial charge on any atom is -0.459 e. The molecule has 0 saturated heterocycles. The third-order valence-electron chi connectivity index (χ3n) is 4.52. The SMILES string of the molecule is CN(Cc1cn(C2CCCc3cccnc32)nn1)C(=O)c1ccco1. The Kier molecular flexibility index (Phi) is 4.05. The van der Waals surface area contributed by atoms with Crippen molar-refractivity contribution in [2.24, 2.45) is 0 Å². The number of furan rings is 1. The van der Waals surface area contributed by atoms with Crippen LogP contribution in [0.1, 0.15) is 46.4 Å². The van der Waals surface area contributed by atoms with Crippen molar-refractivity contribution in [1.29, 1.82) is 0 Å². The molecular formula is C18H19N5O2. The molecule has 3 heterocycles. The molecule has 3 aromatic rings. The molecule has 0 aliphatic heterocycles. The van der Waals surface area contributed by atoms with Crippen molar-refractivity contribution < 1.29 is 9.21 Å². The number of amides is 1. The number of carbonyl (C=O) groups excluding carboxylic acids is 1. The largest absolute Gasteiger partial charge is 0.459 e. The Morgan fingerprint density at radius 2 is 2.32 bits per heavy atom. The molecule has 25 heavy (non-hydrogen) atoms. The molecule has 1 aliphatic rings. The number of rotatable bonds is 4. The fourth-order valence-electron chi connectivity index (χ4n) is 3.28. The highest BCUT2D eigenvalue weighted by Crippen LogP contribution is 2.30. The third kappa shape index (κ3) is 3.05. The smallest absolute Gasteiger partial charge is 0.289 e. The predicted molar refractivity (Wildman–Crippen MR) is 89.8 cm³/mol. The molecule has 1 aliphatic carbocycles. The van der Waals surface area contributed by atoms with Crippen molar-refractivity contribution in [1.82, 2.24) is 24.9 Å². The van der Waals surface area contributed by atoms with E-state index < -0.39 is 0 Å². The zero-order valence-electron chi connectivity index (χ0n) is 14.0. The summed E-state index contributed by atoms with van der Waals surface area (Å²) in [5.41, 5.74) is 3.09. The molecule has 3 aromatic heterocycles. The van der Waals surface area contributed by atoms with Crippen LogP contribution < -0.4 is 0 Å². The molecule has 7 nitrogen and oxygen atoms in total. The van der Waals surface area contributed by atoms with E-state index in [1.54, 1.807) is 24.1 Å². The summed E-state index contributed by atoms with van der Waals surface area (Å²) < 4.78 is 7.02. The van der Waals surface area contributed by atoms with E-state index in [1.165, 1.54) is 11.8 Å². The van der Waals surface area contributed by atoms with Gasteiger partial charge in [0.2, 0.25) is 0 Å². The van der Waals surface area contributed by atoms with Crippen molar-refractivity contribution in [2.45, 2.75) is 31.8 Å². The van der Waals surface area contributed by atoms with Gasteiger partial charge in [0.1, 0.15) is 5.69 Å². The van der Waals surface area contributed by atoms with E-state index in [-0.39, 0.29) is 11.9 Å². The highest BCUT2D eigenvalue weighted by molar-refractivity contribution is 5.91. The monoisotopic (exact) mass is 337 g/mol. The maximum absolute atomic E-state index is 12.2. The van der Waals surface area contributed by atoms with E-state index in [0.717, 1.165) is 30.7 Å². The summed E-state index contributed by atoms with van der Waals surface area (Å²) in [5, 5.41) is 8.51. The van der Waals surface area contributed by atoms with Gasteiger partial charge >= 0.3 is 0 Å². The first-order valence-corrected chi connectivity index (χ1v) is 8.36. The van der Waals surface area contributed by atoms with Crippen molar-refractivity contribution in [3.05, 3.63) is 65.6 Å². The minimum atomic E-state index is -0.177. The molecule has 0 fully saturated rings. The average Bonchev–Trinajstić information content (AvgIpc) is 3.32. The Hall–Kier alpha value is -2.96. The van der Waals surface area contributed by atoms with Gasteiger partial charge in [-0.1, -0.05) is 11.3 Å². The molecule has 0 radical (unpaired) electrons. The van der Waals surface area contributed by atoms with Crippen LogP contribution in [0.15, 0.2) is 47.3 Å². The van der Waals surface area contributed by atoms with E-state index in [2.05, 4.69) is 21.4 Å². The fourth-order valence-corrected chi connectivity index (χ4v) is 3.28. The van der Waals surface area contributed by atoms with Crippen molar-refractivity contribution >= 4 is 5.91 Å². The molecule has 1 unspecified atom stereocenters. The number of pyridine rings is 1. The van der Waals surface area contributed by atoms with E-state index in [0.29, 0.717) is 12.3 Å². The topological polar surface area (TPSA) is 77.1 Å². The number of fused-ring (bicyclic) bond motifs is 1.